The fraction of sp³-hybridized carbons (Fsp3) is 0.909. The molecule has 14 heavy (non-hydrogen) atoms. The first-order valence-corrected chi connectivity index (χ1v) is 5.50. The van der Waals surface area contributed by atoms with Crippen molar-refractivity contribution >= 4 is 6.16 Å². The van der Waals surface area contributed by atoms with Gasteiger partial charge in [-0.25, -0.2) is 4.79 Å². The number of rotatable bonds is 7. The molecule has 0 aromatic heterocycles. The van der Waals surface area contributed by atoms with Crippen molar-refractivity contribution in [1.82, 2.24) is 0 Å². The molecule has 0 aliphatic rings. The summed E-state index contributed by atoms with van der Waals surface area (Å²) in [6.45, 7) is 7.17. The van der Waals surface area contributed by atoms with Crippen LogP contribution in [0.3, 0.4) is 0 Å². The lowest BCUT2D eigenvalue weighted by Gasteiger charge is -2.09. The molecule has 0 aliphatic heterocycles. The fourth-order valence-electron chi connectivity index (χ4n) is 0.877. The molecule has 0 saturated heterocycles. The first kappa shape index (κ1) is 13.3. The molecule has 0 saturated carbocycles. The van der Waals surface area contributed by atoms with Gasteiger partial charge in [0.25, 0.3) is 0 Å². The van der Waals surface area contributed by atoms with E-state index in [1.807, 2.05) is 6.92 Å². The molecule has 0 fully saturated rings. The summed E-state index contributed by atoms with van der Waals surface area (Å²) < 4.78 is 9.79. The highest BCUT2D eigenvalue weighted by atomic mass is 16.7. The van der Waals surface area contributed by atoms with E-state index in [2.05, 4.69) is 13.8 Å². The van der Waals surface area contributed by atoms with Gasteiger partial charge in [-0.15, -0.1) is 0 Å². The Morgan fingerprint density at radius 3 is 2.50 bits per heavy atom. The van der Waals surface area contributed by atoms with E-state index in [-0.39, 0.29) is 0 Å². The first-order valence-electron chi connectivity index (χ1n) is 5.50. The molecule has 84 valence electrons. The van der Waals surface area contributed by atoms with E-state index in [9.17, 15) is 4.79 Å². The summed E-state index contributed by atoms with van der Waals surface area (Å²) in [5.74, 6) is 0.415. The van der Waals surface area contributed by atoms with Crippen LogP contribution in [0.15, 0.2) is 0 Å². The van der Waals surface area contributed by atoms with Crippen LogP contribution >= 0.6 is 0 Å². The van der Waals surface area contributed by atoms with E-state index in [1.54, 1.807) is 0 Å². The van der Waals surface area contributed by atoms with Gasteiger partial charge < -0.3 is 9.47 Å². The van der Waals surface area contributed by atoms with E-state index in [0.717, 1.165) is 25.7 Å². The highest BCUT2D eigenvalue weighted by Crippen LogP contribution is 2.02. The number of unbranched alkanes of at least 4 members (excludes halogenated alkanes) is 2. The maximum atomic E-state index is 11.0. The predicted molar refractivity (Wildman–Crippen MR) is 56.3 cm³/mol. The Labute approximate surface area is 86.8 Å². The van der Waals surface area contributed by atoms with Gasteiger partial charge in [-0.3, -0.25) is 0 Å². The third kappa shape index (κ3) is 7.90. The average molecular weight is 202 g/mol. The van der Waals surface area contributed by atoms with Crippen molar-refractivity contribution in [2.75, 3.05) is 13.2 Å². The minimum absolute atomic E-state index is 0.415. The number of hydrogen-bond donors (Lipinski definition) is 0. The monoisotopic (exact) mass is 202 g/mol. The van der Waals surface area contributed by atoms with Crippen molar-refractivity contribution in [3.05, 3.63) is 0 Å². The van der Waals surface area contributed by atoms with E-state index < -0.39 is 6.16 Å². The maximum absolute atomic E-state index is 11.0. The molecule has 0 heterocycles. The summed E-state index contributed by atoms with van der Waals surface area (Å²) in [6, 6.07) is 0. The van der Waals surface area contributed by atoms with Crippen molar-refractivity contribution in [1.29, 1.82) is 0 Å². The van der Waals surface area contributed by atoms with Crippen LogP contribution < -0.4 is 0 Å². The lowest BCUT2D eigenvalue weighted by Crippen LogP contribution is -2.13. The zero-order chi connectivity index (χ0) is 10.8. The molecule has 1 atom stereocenters. The van der Waals surface area contributed by atoms with Crippen molar-refractivity contribution in [2.45, 2.75) is 46.5 Å². The predicted octanol–water partition coefficient (Wildman–Crippen LogP) is 3.38. The van der Waals surface area contributed by atoms with Crippen molar-refractivity contribution in [2.24, 2.45) is 5.92 Å². The van der Waals surface area contributed by atoms with Crippen LogP contribution in [0.25, 0.3) is 0 Å². The summed E-state index contributed by atoms with van der Waals surface area (Å²) in [5.41, 5.74) is 0. The first-order chi connectivity index (χ1) is 6.70. The topological polar surface area (TPSA) is 35.5 Å². The summed E-state index contributed by atoms with van der Waals surface area (Å²) in [4.78, 5) is 11.0. The minimum atomic E-state index is -0.526. The SMILES string of the molecule is CCCCCOC(=O)OCC(C)CC. The Balaban J connectivity index is 3.28. The molecular formula is C11H22O3. The Morgan fingerprint density at radius 1 is 1.21 bits per heavy atom. The average Bonchev–Trinajstić information content (AvgIpc) is 2.21. The van der Waals surface area contributed by atoms with Crippen LogP contribution in [0.2, 0.25) is 0 Å². The highest BCUT2D eigenvalue weighted by Gasteiger charge is 2.06. The molecule has 0 spiro atoms. The van der Waals surface area contributed by atoms with Crippen LogP contribution in [-0.4, -0.2) is 19.4 Å². The Morgan fingerprint density at radius 2 is 1.93 bits per heavy atom. The zero-order valence-electron chi connectivity index (χ0n) is 9.54. The van der Waals surface area contributed by atoms with Gasteiger partial charge in [0.2, 0.25) is 0 Å². The summed E-state index contributed by atoms with van der Waals surface area (Å²) in [7, 11) is 0. The summed E-state index contributed by atoms with van der Waals surface area (Å²) in [5, 5.41) is 0. The third-order valence-electron chi connectivity index (χ3n) is 2.15. The van der Waals surface area contributed by atoms with Crippen molar-refractivity contribution in [3.63, 3.8) is 0 Å². The molecular weight excluding hydrogens is 180 g/mol. The molecule has 0 bridgehead atoms. The van der Waals surface area contributed by atoms with Crippen LogP contribution in [-0.2, 0) is 9.47 Å². The van der Waals surface area contributed by atoms with Gasteiger partial charge in [0.1, 0.15) is 0 Å². The van der Waals surface area contributed by atoms with Gasteiger partial charge in [-0.2, -0.15) is 0 Å². The number of carbonyl (C=O) groups is 1. The Bertz CT molecular complexity index is 145. The quantitative estimate of drug-likeness (QED) is 0.469. The van der Waals surface area contributed by atoms with Crippen LogP contribution in [0, 0.1) is 5.92 Å². The molecule has 0 aromatic carbocycles. The minimum Gasteiger partial charge on any atom is -0.434 e. The maximum Gasteiger partial charge on any atom is 0.508 e. The van der Waals surface area contributed by atoms with E-state index in [0.29, 0.717) is 19.1 Å². The van der Waals surface area contributed by atoms with E-state index in [1.165, 1.54) is 0 Å². The van der Waals surface area contributed by atoms with Crippen LogP contribution in [0.4, 0.5) is 4.79 Å². The van der Waals surface area contributed by atoms with Crippen molar-refractivity contribution < 1.29 is 14.3 Å². The van der Waals surface area contributed by atoms with Crippen LogP contribution in [0.5, 0.6) is 0 Å². The number of hydrogen-bond acceptors (Lipinski definition) is 3. The Hall–Kier alpha value is -0.730. The molecule has 1 unspecified atom stereocenters. The van der Waals surface area contributed by atoms with Gasteiger partial charge in [-0.05, 0) is 12.3 Å². The summed E-state index contributed by atoms with van der Waals surface area (Å²) in [6.07, 6.45) is 3.64. The molecule has 0 amide bonds. The lowest BCUT2D eigenvalue weighted by molar-refractivity contribution is 0.0446. The second kappa shape index (κ2) is 8.85. The van der Waals surface area contributed by atoms with E-state index >= 15 is 0 Å². The van der Waals surface area contributed by atoms with Gasteiger partial charge in [0, 0.05) is 0 Å². The van der Waals surface area contributed by atoms with Gasteiger partial charge in [-0.1, -0.05) is 40.0 Å². The van der Waals surface area contributed by atoms with Gasteiger partial charge in [0.15, 0.2) is 0 Å². The van der Waals surface area contributed by atoms with Crippen LogP contribution in [0.1, 0.15) is 46.5 Å². The van der Waals surface area contributed by atoms with E-state index in [4.69, 9.17) is 9.47 Å². The fourth-order valence-corrected chi connectivity index (χ4v) is 0.877. The summed E-state index contributed by atoms with van der Waals surface area (Å²) >= 11 is 0. The molecule has 0 aliphatic carbocycles. The molecule has 0 N–H and O–H groups in total. The zero-order valence-corrected chi connectivity index (χ0v) is 9.54. The third-order valence-corrected chi connectivity index (χ3v) is 2.15. The van der Waals surface area contributed by atoms with Gasteiger partial charge in [0.05, 0.1) is 13.2 Å². The number of ether oxygens (including phenoxy) is 2. The highest BCUT2D eigenvalue weighted by molar-refractivity contribution is 5.59. The molecule has 0 aromatic rings. The molecule has 3 heteroatoms. The van der Waals surface area contributed by atoms with Gasteiger partial charge >= 0.3 is 6.16 Å². The Kier molecular flexibility index (Phi) is 8.39. The normalized spacial score (nSPS) is 12.2. The number of carbonyl (C=O) groups excluding carboxylic acids is 1. The smallest absolute Gasteiger partial charge is 0.434 e. The second-order valence-corrected chi connectivity index (χ2v) is 3.63. The largest absolute Gasteiger partial charge is 0.508 e. The van der Waals surface area contributed by atoms with Crippen molar-refractivity contribution in [3.8, 4) is 0 Å². The lowest BCUT2D eigenvalue weighted by atomic mass is 10.1. The standard InChI is InChI=1S/C11H22O3/c1-4-6-7-8-13-11(12)14-9-10(3)5-2/h10H,4-9H2,1-3H3. The molecule has 3 nitrogen and oxygen atoms in total. The molecule has 0 rings (SSSR count). The second-order valence-electron chi connectivity index (χ2n) is 3.63. The molecule has 0 radical (unpaired) electrons.